The number of rotatable bonds is 5. The number of carbonyl (C=O) groups excluding carboxylic acids is 1. The first-order valence-electron chi connectivity index (χ1n) is 6.60. The van der Waals surface area contributed by atoms with Crippen molar-refractivity contribution in [3.05, 3.63) is 71.8 Å². The van der Waals surface area contributed by atoms with Crippen molar-refractivity contribution in [1.82, 2.24) is 5.32 Å². The van der Waals surface area contributed by atoms with Crippen LogP contribution < -0.4 is 5.32 Å². The Morgan fingerprint density at radius 1 is 1.05 bits per heavy atom. The molecule has 0 saturated carbocycles. The van der Waals surface area contributed by atoms with Gasteiger partial charge in [-0.05, 0) is 18.1 Å². The average molecular weight is 332 g/mol. The quantitative estimate of drug-likeness (QED) is 0.832. The summed E-state index contributed by atoms with van der Waals surface area (Å²) >= 11 is 3.51. The summed E-state index contributed by atoms with van der Waals surface area (Å²) in [5.41, 5.74) is 1.72. The number of amides is 1. The van der Waals surface area contributed by atoms with Gasteiger partial charge < -0.3 is 5.32 Å². The van der Waals surface area contributed by atoms with Crippen molar-refractivity contribution in [1.29, 1.82) is 0 Å². The third kappa shape index (κ3) is 3.70. The Kier molecular flexibility index (Phi) is 4.96. The van der Waals surface area contributed by atoms with Crippen molar-refractivity contribution in [3.8, 4) is 0 Å². The van der Waals surface area contributed by atoms with Gasteiger partial charge in [-0.15, -0.1) is 0 Å². The van der Waals surface area contributed by atoms with E-state index in [1.54, 1.807) is 0 Å². The second-order valence-corrected chi connectivity index (χ2v) is 5.60. The van der Waals surface area contributed by atoms with E-state index in [0.717, 1.165) is 11.1 Å². The SMILES string of the molecule is CC(CBr)(NC(=O)Cc1ccccc1)c1ccccc1. The number of carbonyl (C=O) groups is 1. The van der Waals surface area contributed by atoms with Crippen LogP contribution in [0.25, 0.3) is 0 Å². The lowest BCUT2D eigenvalue weighted by molar-refractivity contribution is -0.122. The molecule has 0 heterocycles. The van der Waals surface area contributed by atoms with E-state index in [9.17, 15) is 4.79 Å². The predicted octanol–water partition coefficient (Wildman–Crippen LogP) is 3.66. The fourth-order valence-corrected chi connectivity index (χ4v) is 2.59. The number of nitrogens with one attached hydrogen (secondary N) is 1. The van der Waals surface area contributed by atoms with Crippen LogP contribution in [0.2, 0.25) is 0 Å². The maximum atomic E-state index is 12.2. The van der Waals surface area contributed by atoms with Gasteiger partial charge >= 0.3 is 0 Å². The number of hydrogen-bond acceptors (Lipinski definition) is 1. The third-order valence-corrected chi connectivity index (χ3v) is 4.42. The van der Waals surface area contributed by atoms with Crippen LogP contribution in [0, 0.1) is 0 Å². The van der Waals surface area contributed by atoms with E-state index in [2.05, 4.69) is 21.2 Å². The van der Waals surface area contributed by atoms with Gasteiger partial charge in [-0.2, -0.15) is 0 Å². The average Bonchev–Trinajstić information content (AvgIpc) is 2.49. The highest BCUT2D eigenvalue weighted by atomic mass is 79.9. The van der Waals surface area contributed by atoms with Crippen LogP contribution in [-0.2, 0) is 16.8 Å². The first-order chi connectivity index (χ1) is 9.64. The summed E-state index contributed by atoms with van der Waals surface area (Å²) in [5, 5.41) is 3.79. The van der Waals surface area contributed by atoms with Crippen molar-refractivity contribution >= 4 is 21.8 Å². The zero-order valence-corrected chi connectivity index (χ0v) is 13.1. The monoisotopic (exact) mass is 331 g/mol. The molecule has 2 aromatic carbocycles. The lowest BCUT2D eigenvalue weighted by Gasteiger charge is -2.29. The van der Waals surface area contributed by atoms with Crippen LogP contribution in [0.1, 0.15) is 18.1 Å². The molecule has 2 aromatic rings. The van der Waals surface area contributed by atoms with E-state index in [0.29, 0.717) is 11.8 Å². The zero-order chi connectivity index (χ0) is 14.4. The highest BCUT2D eigenvalue weighted by Gasteiger charge is 2.27. The molecule has 2 nitrogen and oxygen atoms in total. The molecule has 0 bridgehead atoms. The summed E-state index contributed by atoms with van der Waals surface area (Å²) in [6.45, 7) is 2.03. The van der Waals surface area contributed by atoms with Gasteiger partial charge in [-0.25, -0.2) is 0 Å². The molecule has 20 heavy (non-hydrogen) atoms. The molecule has 1 amide bonds. The van der Waals surface area contributed by atoms with Crippen molar-refractivity contribution in [2.75, 3.05) is 5.33 Å². The Bertz CT molecular complexity index is 556. The second-order valence-electron chi connectivity index (χ2n) is 5.04. The van der Waals surface area contributed by atoms with Gasteiger partial charge in [0.1, 0.15) is 0 Å². The molecule has 1 atom stereocenters. The Morgan fingerprint density at radius 3 is 2.15 bits per heavy atom. The topological polar surface area (TPSA) is 29.1 Å². The first-order valence-corrected chi connectivity index (χ1v) is 7.72. The molecule has 0 aliphatic rings. The fraction of sp³-hybridized carbons (Fsp3) is 0.235. The molecule has 1 unspecified atom stereocenters. The summed E-state index contributed by atoms with van der Waals surface area (Å²) in [4.78, 5) is 12.2. The molecule has 0 aliphatic carbocycles. The number of halogens is 1. The molecule has 0 aromatic heterocycles. The van der Waals surface area contributed by atoms with Gasteiger partial charge in [-0.3, -0.25) is 4.79 Å². The summed E-state index contributed by atoms with van der Waals surface area (Å²) in [7, 11) is 0. The molecule has 0 spiro atoms. The minimum atomic E-state index is -0.396. The molecule has 1 N–H and O–H groups in total. The third-order valence-electron chi connectivity index (χ3n) is 3.30. The van der Waals surface area contributed by atoms with E-state index in [1.807, 2.05) is 67.6 Å². The van der Waals surface area contributed by atoms with Crippen LogP contribution in [0.15, 0.2) is 60.7 Å². The predicted molar refractivity (Wildman–Crippen MR) is 85.9 cm³/mol. The summed E-state index contributed by atoms with van der Waals surface area (Å²) < 4.78 is 0. The smallest absolute Gasteiger partial charge is 0.225 e. The second kappa shape index (κ2) is 6.71. The molecule has 104 valence electrons. The molecule has 0 saturated heterocycles. The lowest BCUT2D eigenvalue weighted by Crippen LogP contribution is -2.45. The van der Waals surface area contributed by atoms with Crippen LogP contribution >= 0.6 is 15.9 Å². The Labute approximate surface area is 128 Å². The van der Waals surface area contributed by atoms with E-state index >= 15 is 0 Å². The molecule has 0 aliphatic heterocycles. The van der Waals surface area contributed by atoms with Gasteiger partial charge in [-0.1, -0.05) is 76.6 Å². The van der Waals surface area contributed by atoms with Crippen LogP contribution in [-0.4, -0.2) is 11.2 Å². The normalized spacial score (nSPS) is 13.5. The van der Waals surface area contributed by atoms with Crippen LogP contribution in [0.3, 0.4) is 0 Å². The molecule has 0 radical (unpaired) electrons. The maximum absolute atomic E-state index is 12.2. The van der Waals surface area contributed by atoms with Crippen molar-refractivity contribution < 1.29 is 4.79 Å². The van der Waals surface area contributed by atoms with Crippen molar-refractivity contribution in [2.45, 2.75) is 18.9 Å². The summed E-state index contributed by atoms with van der Waals surface area (Å²) in [5.74, 6) is 0.0296. The molecule has 2 rings (SSSR count). The molecule has 0 fully saturated rings. The summed E-state index contributed by atoms with van der Waals surface area (Å²) in [6.07, 6.45) is 0.399. The van der Waals surface area contributed by atoms with Crippen molar-refractivity contribution in [2.24, 2.45) is 0 Å². The zero-order valence-electron chi connectivity index (χ0n) is 11.5. The fourth-order valence-electron chi connectivity index (χ4n) is 2.12. The first kappa shape index (κ1) is 14.8. The van der Waals surface area contributed by atoms with Gasteiger partial charge in [0.2, 0.25) is 5.91 Å². The van der Waals surface area contributed by atoms with Crippen molar-refractivity contribution in [3.63, 3.8) is 0 Å². The summed E-state index contributed by atoms with van der Waals surface area (Å²) in [6, 6.07) is 19.8. The minimum absolute atomic E-state index is 0.0296. The van der Waals surface area contributed by atoms with Gasteiger partial charge in [0.15, 0.2) is 0 Å². The highest BCUT2D eigenvalue weighted by Crippen LogP contribution is 2.23. The maximum Gasteiger partial charge on any atom is 0.225 e. The Morgan fingerprint density at radius 2 is 1.60 bits per heavy atom. The highest BCUT2D eigenvalue weighted by molar-refractivity contribution is 9.09. The lowest BCUT2D eigenvalue weighted by atomic mass is 9.94. The number of alkyl halides is 1. The van der Waals surface area contributed by atoms with E-state index in [4.69, 9.17) is 0 Å². The van der Waals surface area contributed by atoms with E-state index in [-0.39, 0.29) is 5.91 Å². The Hall–Kier alpha value is -1.61. The van der Waals surface area contributed by atoms with E-state index < -0.39 is 5.54 Å². The molecule has 3 heteroatoms. The van der Waals surface area contributed by atoms with E-state index in [1.165, 1.54) is 0 Å². The van der Waals surface area contributed by atoms with Crippen LogP contribution in [0.4, 0.5) is 0 Å². The van der Waals surface area contributed by atoms with Gasteiger partial charge in [0.25, 0.3) is 0 Å². The van der Waals surface area contributed by atoms with Gasteiger partial charge in [0, 0.05) is 5.33 Å². The standard InChI is InChI=1S/C17H18BrNO/c1-17(13-18,15-10-6-3-7-11-15)19-16(20)12-14-8-4-2-5-9-14/h2-11H,12-13H2,1H3,(H,19,20). The largest absolute Gasteiger partial charge is 0.346 e. The molecular weight excluding hydrogens is 314 g/mol. The number of benzene rings is 2. The Balaban J connectivity index is 2.08. The molecular formula is C17H18BrNO. The minimum Gasteiger partial charge on any atom is -0.346 e. The van der Waals surface area contributed by atoms with Crippen LogP contribution in [0.5, 0.6) is 0 Å². The van der Waals surface area contributed by atoms with Gasteiger partial charge in [0.05, 0.1) is 12.0 Å². The number of hydrogen-bond donors (Lipinski definition) is 1.